The van der Waals surface area contributed by atoms with Crippen molar-refractivity contribution in [2.24, 2.45) is 0 Å². The Hall–Kier alpha value is 3.88. The van der Waals surface area contributed by atoms with E-state index in [1.807, 2.05) is 0 Å². The zero-order valence-electron chi connectivity index (χ0n) is 4.78. The first-order chi connectivity index (χ1) is 1.00. The molecule has 0 bridgehead atoms. The van der Waals surface area contributed by atoms with E-state index < -0.39 is 0 Å². The number of hydrogen-bond acceptors (Lipinski definition) is 1. The van der Waals surface area contributed by atoms with Gasteiger partial charge in [-0.05, 0) is 0 Å². The Balaban J connectivity index is -0.000000000500. The molecule has 0 unspecified atom stereocenters. The summed E-state index contributed by atoms with van der Waals surface area (Å²) in [6, 6.07) is 0. The van der Waals surface area contributed by atoms with E-state index >= 15 is 0 Å². The van der Waals surface area contributed by atoms with E-state index in [0.717, 1.165) is 0 Å². The van der Waals surface area contributed by atoms with Crippen molar-refractivity contribution in [2.45, 2.75) is 0 Å². The van der Waals surface area contributed by atoms with Crippen LogP contribution in [-0.2, 0) is 19.8 Å². The molecule has 0 amide bonds. The Bertz CT molecular complexity index is 17.7. The summed E-state index contributed by atoms with van der Waals surface area (Å²) in [6.45, 7) is 0. The van der Waals surface area contributed by atoms with Crippen LogP contribution in [0.4, 0.5) is 0 Å². The van der Waals surface area contributed by atoms with Gasteiger partial charge in [-0.3, -0.25) is 0 Å². The molecule has 1 radical (unpaired) electrons. The van der Waals surface area contributed by atoms with Gasteiger partial charge in [0.05, 0.1) is 0 Å². The third-order valence-electron chi connectivity index (χ3n) is 0. The second kappa shape index (κ2) is 24.8. The van der Waals surface area contributed by atoms with Crippen molar-refractivity contribution in [2.75, 3.05) is 0 Å². The molecule has 0 spiro atoms. The Kier molecular flexibility index (Phi) is 115. The Morgan fingerprint density at radius 2 is 1.40 bits per heavy atom. The molecule has 0 atom stereocenters. The van der Waals surface area contributed by atoms with Gasteiger partial charge in [0.1, 0.15) is 0 Å². The molecule has 0 fully saturated rings. The molecule has 0 N–H and O–H groups in total. The van der Waals surface area contributed by atoms with Gasteiger partial charge in [0.25, 0.3) is 0 Å². The second-order valence-corrected chi connectivity index (χ2v) is 0. The van der Waals surface area contributed by atoms with Crippen molar-refractivity contribution in [3.8, 4) is 0 Å². The third-order valence-corrected chi connectivity index (χ3v) is 0. The maximum atomic E-state index is 8.06. The van der Waals surface area contributed by atoms with Gasteiger partial charge in [-0.2, -0.15) is 0 Å². The average molecular weight is 511 g/mol. The van der Waals surface area contributed by atoms with Crippen LogP contribution in [0.15, 0.2) is 0 Å². The molecule has 0 aliphatic carbocycles. The van der Waals surface area contributed by atoms with Crippen LogP contribution in [0.1, 0.15) is 2.85 Å². The number of hydrogen-bond donors (Lipinski definition) is 0. The predicted octanol–water partition coefficient (Wildman–Crippen LogP) is -1.46. The summed E-state index contributed by atoms with van der Waals surface area (Å²) in [6.07, 6.45) is 0. The van der Waals surface area contributed by atoms with Crippen LogP contribution in [-0.4, -0.2) is 71.7 Å². The van der Waals surface area contributed by atoms with E-state index in [1.165, 1.54) is 0 Å². The summed E-state index contributed by atoms with van der Waals surface area (Å²) in [5.41, 5.74) is 0. The van der Waals surface area contributed by atoms with Crippen LogP contribution in [0.3, 0.4) is 0 Å². The van der Waals surface area contributed by atoms with Gasteiger partial charge in [-0.15, -0.1) is 0 Å². The first-order valence-corrected chi connectivity index (χ1v) is 0.636. The molecular formula is H5BiLaMnOSr. The minimum absolute atomic E-state index is 0. The van der Waals surface area contributed by atoms with Gasteiger partial charge in [0.2, 0.25) is 0 Å². The molecule has 0 heterocycles. The first-order valence-electron chi connectivity index (χ1n) is 0.154. The van der Waals surface area contributed by atoms with Crippen molar-refractivity contribution >= 4 is 71.7 Å². The summed E-state index contributed by atoms with van der Waals surface area (Å²) in [7, 11) is 0. The molecule has 0 aromatic rings. The van der Waals surface area contributed by atoms with Crippen molar-refractivity contribution in [3.63, 3.8) is 0 Å². The van der Waals surface area contributed by atoms with Gasteiger partial charge in [-0.25, -0.2) is 0 Å². The molecule has 0 rings (SSSR count). The fourth-order valence-corrected chi connectivity index (χ4v) is 0. The molecule has 1 nitrogen and oxygen atoms in total. The fraction of sp³-hybridized carbons (Fsp3) is 0. The van der Waals surface area contributed by atoms with Crippen molar-refractivity contribution in [1.82, 2.24) is 0 Å². The molecule has 28 valence electrons. The molecule has 0 saturated carbocycles. The predicted molar refractivity (Wildman–Crippen MR) is 18.6 cm³/mol. The summed E-state index contributed by atoms with van der Waals surface area (Å²) in [5, 5.41) is 0. The zero-order chi connectivity index (χ0) is 2.00. The van der Waals surface area contributed by atoms with Crippen LogP contribution < -0.4 is 0 Å². The largest absolute Gasteiger partial charge is 2.00 e. The van der Waals surface area contributed by atoms with E-state index in [2.05, 4.69) is 0 Å². The second-order valence-electron chi connectivity index (χ2n) is 0. The SMILES string of the molecule is [BiH3].[H-].[H-].[La].[O]=[Mn].[Sr+2]. The summed E-state index contributed by atoms with van der Waals surface area (Å²) < 4.78 is 8.06. The van der Waals surface area contributed by atoms with Gasteiger partial charge in [-0.1, -0.05) is 0 Å². The third kappa shape index (κ3) is 18.1. The van der Waals surface area contributed by atoms with E-state index in [-0.39, 0.29) is 110 Å². The first kappa shape index (κ1) is 23.2. The molecule has 0 aromatic heterocycles. The Morgan fingerprint density at radius 1 is 1.40 bits per heavy atom. The summed E-state index contributed by atoms with van der Waals surface area (Å²) >= 11 is 1.69. The van der Waals surface area contributed by atoms with Crippen molar-refractivity contribution in [1.29, 1.82) is 0 Å². The molecule has 0 saturated heterocycles. The van der Waals surface area contributed by atoms with Gasteiger partial charge < -0.3 is 2.85 Å². The van der Waals surface area contributed by atoms with Crippen molar-refractivity contribution < 1.29 is 58.2 Å². The maximum Gasteiger partial charge on any atom is 2.00 e. The van der Waals surface area contributed by atoms with Crippen LogP contribution in [0, 0.1) is 35.6 Å². The van der Waals surface area contributed by atoms with Crippen LogP contribution in [0.5, 0.6) is 0 Å². The van der Waals surface area contributed by atoms with Crippen molar-refractivity contribution in [3.05, 3.63) is 0 Å². The smallest absolute Gasteiger partial charge is 2.00 e. The molecule has 0 aliphatic heterocycles. The topological polar surface area (TPSA) is 17.1 Å². The van der Waals surface area contributed by atoms with E-state index in [0.29, 0.717) is 0 Å². The summed E-state index contributed by atoms with van der Waals surface area (Å²) in [5.74, 6) is 0. The fourth-order valence-electron chi connectivity index (χ4n) is 0. The van der Waals surface area contributed by atoms with E-state index in [1.54, 1.807) is 15.9 Å². The monoisotopic (exact) mass is 512 g/mol. The van der Waals surface area contributed by atoms with Gasteiger partial charge in [0, 0.05) is 35.6 Å². The van der Waals surface area contributed by atoms with Crippen LogP contribution in [0.2, 0.25) is 0 Å². The standard InChI is InChI=1S/Bi.La.Mn.O.Sr.5H/q;;;;+2;;;;2*-1. The van der Waals surface area contributed by atoms with Crippen LogP contribution in [0.25, 0.3) is 0 Å². The van der Waals surface area contributed by atoms with Gasteiger partial charge >= 0.3 is 91.5 Å². The Labute approximate surface area is 126 Å². The average Bonchev–Trinajstić information content (AvgIpc) is 1.00. The minimum Gasteiger partial charge on any atom is 2.00 e. The normalized spacial score (nSPS) is 0.800. The molecule has 0 aliphatic rings. The van der Waals surface area contributed by atoms with Crippen LogP contribution >= 0.6 is 0 Å². The van der Waals surface area contributed by atoms with Gasteiger partial charge in [0.15, 0.2) is 0 Å². The Morgan fingerprint density at radius 3 is 1.40 bits per heavy atom. The molecule has 5 heteroatoms. The number of rotatable bonds is 0. The summed E-state index contributed by atoms with van der Waals surface area (Å²) in [4.78, 5) is 0. The van der Waals surface area contributed by atoms with E-state index in [4.69, 9.17) is 3.83 Å². The zero-order valence-corrected chi connectivity index (χ0v) is 16.6. The quantitative estimate of drug-likeness (QED) is 0.364. The maximum absolute atomic E-state index is 8.06. The molecular weight excluding hydrogens is 506 g/mol. The molecule has 0 aromatic carbocycles. The molecule has 5 heavy (non-hydrogen) atoms. The van der Waals surface area contributed by atoms with E-state index in [9.17, 15) is 0 Å². The minimum atomic E-state index is 0.